The maximum absolute atomic E-state index is 11.9. The van der Waals surface area contributed by atoms with Crippen molar-refractivity contribution < 1.29 is 5.11 Å². The molecular weight excluding hydrogens is 400 g/mol. The molecule has 1 heteroatoms. The van der Waals surface area contributed by atoms with Gasteiger partial charge in [-0.05, 0) is 120 Å². The summed E-state index contributed by atoms with van der Waals surface area (Å²) >= 11 is 0. The summed E-state index contributed by atoms with van der Waals surface area (Å²) in [5.74, 6) is 4.81. The van der Waals surface area contributed by atoms with E-state index in [0.717, 1.165) is 30.1 Å². The minimum Gasteiger partial charge on any atom is -0.393 e. The third-order valence-electron chi connectivity index (χ3n) is 15.2. The minimum absolute atomic E-state index is 0.0617. The summed E-state index contributed by atoms with van der Waals surface area (Å²) in [6, 6.07) is 0. The standard InChI is InChI=1S/C32H56O/c1-20-13-15-29(7)17-18-30(8)22(26(29)21(20)2)11-12-24-31(30,9)16-14-23-28(5,6)27(3,4)19-25(33)32(23,24)10/h20-26,33H,11-19H2,1-10H3/t20-,21+,22-,23+,24+,25?,26+,29-,30-,31-,32+/m1/s1. The van der Waals surface area contributed by atoms with Gasteiger partial charge in [-0.3, -0.25) is 0 Å². The first-order valence-corrected chi connectivity index (χ1v) is 14.7. The summed E-state index contributed by atoms with van der Waals surface area (Å²) in [7, 11) is 0. The van der Waals surface area contributed by atoms with Crippen molar-refractivity contribution in [1.82, 2.24) is 0 Å². The lowest BCUT2D eigenvalue weighted by Gasteiger charge is -2.75. The fourth-order valence-corrected chi connectivity index (χ4v) is 12.0. The first-order chi connectivity index (χ1) is 15.1. The second kappa shape index (κ2) is 7.04. The molecule has 5 fully saturated rings. The van der Waals surface area contributed by atoms with E-state index in [4.69, 9.17) is 0 Å². The molecule has 0 heterocycles. The third kappa shape index (κ3) is 2.81. The minimum atomic E-state index is -0.155. The second-order valence-electron chi connectivity index (χ2n) is 16.4. The van der Waals surface area contributed by atoms with Gasteiger partial charge in [0.25, 0.3) is 0 Å². The van der Waals surface area contributed by atoms with Crippen molar-refractivity contribution in [2.24, 2.45) is 68.0 Å². The first-order valence-electron chi connectivity index (χ1n) is 14.7. The van der Waals surface area contributed by atoms with E-state index in [9.17, 15) is 5.11 Å². The van der Waals surface area contributed by atoms with Crippen LogP contribution >= 0.6 is 0 Å². The van der Waals surface area contributed by atoms with Gasteiger partial charge >= 0.3 is 0 Å². The quantitative estimate of drug-likeness (QED) is 0.386. The molecule has 5 aliphatic carbocycles. The molecule has 5 aliphatic rings. The van der Waals surface area contributed by atoms with Crippen molar-refractivity contribution in [2.45, 2.75) is 133 Å². The van der Waals surface area contributed by atoms with Gasteiger partial charge in [-0.2, -0.15) is 0 Å². The molecule has 11 atom stereocenters. The highest BCUT2D eigenvalue weighted by Gasteiger charge is 2.72. The maximum Gasteiger partial charge on any atom is 0.0604 e. The monoisotopic (exact) mass is 456 g/mol. The number of rotatable bonds is 0. The van der Waals surface area contributed by atoms with E-state index in [1.807, 2.05) is 0 Å². The second-order valence-corrected chi connectivity index (χ2v) is 16.4. The van der Waals surface area contributed by atoms with Gasteiger partial charge in [-0.1, -0.05) is 69.2 Å². The topological polar surface area (TPSA) is 20.2 Å². The first kappa shape index (κ1) is 24.6. The van der Waals surface area contributed by atoms with E-state index in [0.29, 0.717) is 28.1 Å². The molecule has 0 aromatic carbocycles. The Kier molecular flexibility index (Phi) is 5.26. The smallest absolute Gasteiger partial charge is 0.0604 e. The summed E-state index contributed by atoms with van der Waals surface area (Å²) in [6.07, 6.45) is 12.0. The molecular formula is C32H56O. The van der Waals surface area contributed by atoms with Gasteiger partial charge in [-0.25, -0.2) is 0 Å². The zero-order valence-electron chi connectivity index (χ0n) is 23.9. The molecule has 33 heavy (non-hydrogen) atoms. The summed E-state index contributed by atoms with van der Waals surface area (Å²) in [4.78, 5) is 0. The Morgan fingerprint density at radius 1 is 0.667 bits per heavy atom. The van der Waals surface area contributed by atoms with Crippen LogP contribution < -0.4 is 0 Å². The highest BCUT2D eigenvalue weighted by atomic mass is 16.3. The lowest BCUT2D eigenvalue weighted by Crippen LogP contribution is -2.70. The van der Waals surface area contributed by atoms with E-state index < -0.39 is 0 Å². The van der Waals surface area contributed by atoms with Crippen molar-refractivity contribution >= 4 is 0 Å². The highest BCUT2D eigenvalue weighted by Crippen LogP contribution is 2.78. The van der Waals surface area contributed by atoms with Gasteiger partial charge in [-0.15, -0.1) is 0 Å². The van der Waals surface area contributed by atoms with Crippen LogP contribution in [0.4, 0.5) is 0 Å². The largest absolute Gasteiger partial charge is 0.393 e. The molecule has 0 aromatic rings. The van der Waals surface area contributed by atoms with Gasteiger partial charge in [0.05, 0.1) is 6.10 Å². The van der Waals surface area contributed by atoms with Crippen LogP contribution in [0.5, 0.6) is 0 Å². The molecule has 190 valence electrons. The van der Waals surface area contributed by atoms with Crippen LogP contribution in [0.3, 0.4) is 0 Å². The van der Waals surface area contributed by atoms with E-state index in [1.165, 1.54) is 51.4 Å². The van der Waals surface area contributed by atoms with Crippen LogP contribution in [0, 0.1) is 68.0 Å². The summed E-state index contributed by atoms with van der Waals surface area (Å²) in [5.41, 5.74) is 1.89. The number of aliphatic hydroxyl groups is 1. The Hall–Kier alpha value is -0.0400. The SMILES string of the molecule is C[C@@H]1[C@H]2[C@H]3CC[C@@H]4[C@@]5(C)C(O)CC(C)(C)C(C)(C)[C@@H]5CC[C@@]4(C)[C@]3(C)CC[C@@]2(C)CC[C@H]1C. The lowest BCUT2D eigenvalue weighted by atomic mass is 9.30. The van der Waals surface area contributed by atoms with Crippen LogP contribution in [0.2, 0.25) is 0 Å². The van der Waals surface area contributed by atoms with Crippen molar-refractivity contribution in [2.75, 3.05) is 0 Å². The van der Waals surface area contributed by atoms with E-state index >= 15 is 0 Å². The normalized spacial score (nSPS) is 59.5. The van der Waals surface area contributed by atoms with Gasteiger partial charge < -0.3 is 5.11 Å². The van der Waals surface area contributed by atoms with Gasteiger partial charge in [0, 0.05) is 5.41 Å². The number of hydrogen-bond acceptors (Lipinski definition) is 1. The average molecular weight is 457 g/mol. The van der Waals surface area contributed by atoms with Crippen LogP contribution in [0.25, 0.3) is 0 Å². The van der Waals surface area contributed by atoms with Crippen molar-refractivity contribution in [3.05, 3.63) is 0 Å². The highest BCUT2D eigenvalue weighted by molar-refractivity contribution is 5.20. The maximum atomic E-state index is 11.9. The molecule has 0 aliphatic heterocycles. The van der Waals surface area contributed by atoms with Gasteiger partial charge in [0.2, 0.25) is 0 Å². The molecule has 5 rings (SSSR count). The molecule has 1 nitrogen and oxygen atoms in total. The Morgan fingerprint density at radius 2 is 1.33 bits per heavy atom. The van der Waals surface area contributed by atoms with Crippen molar-refractivity contribution in [3.8, 4) is 0 Å². The fraction of sp³-hybridized carbons (Fsp3) is 1.00. The van der Waals surface area contributed by atoms with Crippen molar-refractivity contribution in [1.29, 1.82) is 0 Å². The van der Waals surface area contributed by atoms with Crippen LogP contribution in [-0.2, 0) is 0 Å². The molecule has 0 aromatic heterocycles. The number of aliphatic hydroxyl groups excluding tert-OH is 1. The fourth-order valence-electron chi connectivity index (χ4n) is 12.0. The molecule has 1 unspecified atom stereocenters. The Balaban J connectivity index is 1.56. The summed E-state index contributed by atoms with van der Waals surface area (Å²) in [6.45, 7) is 25.7. The van der Waals surface area contributed by atoms with E-state index in [2.05, 4.69) is 69.2 Å². The lowest BCUT2D eigenvalue weighted by molar-refractivity contribution is -0.283. The molecule has 0 amide bonds. The number of hydrogen-bond donors (Lipinski definition) is 1. The third-order valence-corrected chi connectivity index (χ3v) is 15.2. The predicted octanol–water partition coefficient (Wildman–Crippen LogP) is 8.74. The molecule has 0 bridgehead atoms. The van der Waals surface area contributed by atoms with Crippen LogP contribution in [0.15, 0.2) is 0 Å². The molecule has 0 saturated heterocycles. The molecule has 1 N–H and O–H groups in total. The zero-order chi connectivity index (χ0) is 24.4. The Bertz CT molecular complexity index is 796. The summed E-state index contributed by atoms with van der Waals surface area (Å²) < 4.78 is 0. The Labute approximate surface area is 206 Å². The van der Waals surface area contributed by atoms with Crippen molar-refractivity contribution in [3.63, 3.8) is 0 Å². The zero-order valence-corrected chi connectivity index (χ0v) is 23.9. The summed E-state index contributed by atoms with van der Waals surface area (Å²) in [5, 5.41) is 11.9. The number of fused-ring (bicyclic) bond motifs is 7. The molecule has 5 saturated carbocycles. The van der Waals surface area contributed by atoms with Crippen LogP contribution in [-0.4, -0.2) is 11.2 Å². The van der Waals surface area contributed by atoms with E-state index in [-0.39, 0.29) is 22.3 Å². The molecule has 0 spiro atoms. The average Bonchev–Trinajstić information content (AvgIpc) is 2.71. The van der Waals surface area contributed by atoms with Gasteiger partial charge in [0.1, 0.15) is 0 Å². The molecule has 0 radical (unpaired) electrons. The van der Waals surface area contributed by atoms with Crippen LogP contribution in [0.1, 0.15) is 127 Å². The predicted molar refractivity (Wildman–Crippen MR) is 140 cm³/mol. The Morgan fingerprint density at radius 3 is 2.00 bits per heavy atom. The van der Waals surface area contributed by atoms with Gasteiger partial charge in [0.15, 0.2) is 0 Å². The van der Waals surface area contributed by atoms with E-state index in [1.54, 1.807) is 0 Å².